The number of para-hydroxylation sites is 1. The summed E-state index contributed by atoms with van der Waals surface area (Å²) in [5.74, 6) is 0.0251. The lowest BCUT2D eigenvalue weighted by Crippen LogP contribution is -2.32. The number of hydrogen-bond donors (Lipinski definition) is 1. The molecule has 4 nitrogen and oxygen atoms in total. The van der Waals surface area contributed by atoms with E-state index in [1.54, 1.807) is 4.90 Å². The molecule has 0 spiro atoms. The molecule has 1 N–H and O–H groups in total. The van der Waals surface area contributed by atoms with Gasteiger partial charge in [-0.3, -0.25) is 9.59 Å². The Morgan fingerprint density at radius 3 is 2.56 bits per heavy atom. The molecule has 2 aromatic carbocycles. The van der Waals surface area contributed by atoms with Crippen LogP contribution in [0.25, 0.3) is 10.9 Å². The molecule has 0 saturated heterocycles. The molecular weight excluding hydrogens is 312 g/mol. The summed E-state index contributed by atoms with van der Waals surface area (Å²) in [4.78, 5) is 29.7. The minimum Gasteiger partial charge on any atom is -0.322 e. The van der Waals surface area contributed by atoms with Gasteiger partial charge < -0.3 is 9.88 Å². The summed E-state index contributed by atoms with van der Waals surface area (Å²) >= 11 is 0. The predicted octanol–water partition coefficient (Wildman–Crippen LogP) is 4.17. The van der Waals surface area contributed by atoms with Gasteiger partial charge in [0, 0.05) is 23.2 Å². The summed E-state index contributed by atoms with van der Waals surface area (Å²) < 4.78 is 0. The second-order valence-electron chi connectivity index (χ2n) is 6.28. The Morgan fingerprint density at radius 2 is 1.84 bits per heavy atom. The van der Waals surface area contributed by atoms with Gasteiger partial charge in [0.1, 0.15) is 0 Å². The molecule has 0 radical (unpaired) electrons. The third kappa shape index (κ3) is 3.79. The number of anilines is 1. The van der Waals surface area contributed by atoms with Crippen molar-refractivity contribution in [3.8, 4) is 0 Å². The third-order valence-electron chi connectivity index (χ3n) is 4.24. The summed E-state index contributed by atoms with van der Waals surface area (Å²) in [5.41, 5.74) is 3.16. The molecule has 3 aromatic rings. The lowest BCUT2D eigenvalue weighted by Gasteiger charge is -2.22. The Labute approximate surface area is 147 Å². The van der Waals surface area contributed by atoms with E-state index in [2.05, 4.69) is 4.98 Å². The van der Waals surface area contributed by atoms with Crippen molar-refractivity contribution in [1.82, 2.24) is 4.98 Å². The molecule has 25 heavy (non-hydrogen) atoms. The fourth-order valence-corrected chi connectivity index (χ4v) is 2.93. The lowest BCUT2D eigenvalue weighted by atomic mass is 10.1. The predicted molar refractivity (Wildman–Crippen MR) is 102 cm³/mol. The van der Waals surface area contributed by atoms with Gasteiger partial charge in [0.05, 0.1) is 6.54 Å². The first-order valence-electron chi connectivity index (χ1n) is 8.56. The highest BCUT2D eigenvalue weighted by molar-refractivity contribution is 5.93. The average Bonchev–Trinajstić information content (AvgIpc) is 2.61. The van der Waals surface area contributed by atoms with Gasteiger partial charge in [-0.25, -0.2) is 0 Å². The number of aromatic nitrogens is 1. The Hall–Kier alpha value is -2.88. The maximum atomic E-state index is 12.6. The van der Waals surface area contributed by atoms with Crippen LogP contribution < -0.4 is 10.5 Å². The van der Waals surface area contributed by atoms with Gasteiger partial charge in [-0.15, -0.1) is 0 Å². The van der Waals surface area contributed by atoms with Gasteiger partial charge in [-0.2, -0.15) is 0 Å². The van der Waals surface area contributed by atoms with Crippen LogP contribution in [-0.2, 0) is 11.3 Å². The second-order valence-corrected chi connectivity index (χ2v) is 6.28. The molecule has 0 aliphatic carbocycles. The Morgan fingerprint density at radius 1 is 1.08 bits per heavy atom. The highest BCUT2D eigenvalue weighted by atomic mass is 16.2. The van der Waals surface area contributed by atoms with Crippen molar-refractivity contribution < 1.29 is 4.79 Å². The standard InChI is InChI=1S/C21H22N2O2/c1-3-7-20(24)23(18-8-5-4-6-9-18)14-17-13-16-11-10-15(2)12-19(16)22-21(17)25/h4-6,8-13H,3,7,14H2,1-2H3,(H,22,25). The van der Waals surface area contributed by atoms with Crippen molar-refractivity contribution in [2.24, 2.45) is 0 Å². The van der Waals surface area contributed by atoms with Gasteiger partial charge in [-0.1, -0.05) is 37.3 Å². The van der Waals surface area contributed by atoms with Crippen molar-refractivity contribution in [1.29, 1.82) is 0 Å². The zero-order chi connectivity index (χ0) is 17.8. The zero-order valence-electron chi connectivity index (χ0n) is 14.6. The first kappa shape index (κ1) is 17.0. The second kappa shape index (κ2) is 7.34. The van der Waals surface area contributed by atoms with Crippen molar-refractivity contribution in [3.05, 3.63) is 76.1 Å². The van der Waals surface area contributed by atoms with Crippen LogP contribution in [0.4, 0.5) is 5.69 Å². The molecule has 0 saturated carbocycles. The first-order valence-corrected chi connectivity index (χ1v) is 8.56. The quantitative estimate of drug-likeness (QED) is 0.761. The number of amides is 1. The van der Waals surface area contributed by atoms with E-state index in [9.17, 15) is 9.59 Å². The van der Waals surface area contributed by atoms with Gasteiger partial charge >= 0.3 is 0 Å². The summed E-state index contributed by atoms with van der Waals surface area (Å²) in [5, 5.41) is 0.969. The zero-order valence-corrected chi connectivity index (χ0v) is 14.6. The summed E-state index contributed by atoms with van der Waals surface area (Å²) in [6.07, 6.45) is 1.23. The number of pyridine rings is 1. The van der Waals surface area contributed by atoms with Crippen LogP contribution in [-0.4, -0.2) is 10.9 Å². The number of hydrogen-bond acceptors (Lipinski definition) is 2. The highest BCUT2D eigenvalue weighted by Crippen LogP contribution is 2.19. The van der Waals surface area contributed by atoms with Gasteiger partial charge in [0.15, 0.2) is 0 Å². The van der Waals surface area contributed by atoms with Crippen LogP contribution in [0.2, 0.25) is 0 Å². The molecule has 128 valence electrons. The SMILES string of the molecule is CCCC(=O)N(Cc1cc2ccc(C)cc2[nH]c1=O)c1ccccc1. The van der Waals surface area contributed by atoms with Crippen LogP contribution >= 0.6 is 0 Å². The van der Waals surface area contributed by atoms with E-state index in [1.165, 1.54) is 0 Å². The molecule has 1 amide bonds. The van der Waals surface area contributed by atoms with E-state index in [4.69, 9.17) is 0 Å². The van der Waals surface area contributed by atoms with Gasteiger partial charge in [0.25, 0.3) is 5.56 Å². The molecule has 0 atom stereocenters. The number of H-pyrrole nitrogens is 1. The minimum absolute atomic E-state index is 0.0251. The molecule has 3 rings (SSSR count). The first-order chi connectivity index (χ1) is 12.1. The van der Waals surface area contributed by atoms with Crippen LogP contribution in [0.3, 0.4) is 0 Å². The van der Waals surface area contributed by atoms with Crippen LogP contribution in [0.1, 0.15) is 30.9 Å². The molecule has 1 aromatic heterocycles. The van der Waals surface area contributed by atoms with E-state index in [0.29, 0.717) is 12.0 Å². The largest absolute Gasteiger partial charge is 0.322 e. The van der Waals surface area contributed by atoms with Crippen molar-refractivity contribution >= 4 is 22.5 Å². The topological polar surface area (TPSA) is 53.2 Å². The van der Waals surface area contributed by atoms with Crippen molar-refractivity contribution in [2.45, 2.75) is 33.2 Å². The minimum atomic E-state index is -0.150. The summed E-state index contributed by atoms with van der Waals surface area (Å²) in [6, 6.07) is 17.3. The van der Waals surface area contributed by atoms with Gasteiger partial charge in [-0.05, 0) is 48.6 Å². The molecule has 0 aliphatic heterocycles. The number of carbonyl (C=O) groups is 1. The highest BCUT2D eigenvalue weighted by Gasteiger charge is 2.17. The van der Waals surface area contributed by atoms with Crippen LogP contribution in [0, 0.1) is 6.92 Å². The number of nitrogens with zero attached hydrogens (tertiary/aromatic N) is 1. The fraction of sp³-hybridized carbons (Fsp3) is 0.238. The average molecular weight is 334 g/mol. The van der Waals surface area contributed by atoms with Crippen LogP contribution in [0.5, 0.6) is 0 Å². The smallest absolute Gasteiger partial charge is 0.253 e. The monoisotopic (exact) mass is 334 g/mol. The maximum absolute atomic E-state index is 12.6. The number of nitrogens with one attached hydrogen (secondary N) is 1. The third-order valence-corrected chi connectivity index (χ3v) is 4.24. The number of benzene rings is 2. The number of aryl methyl sites for hydroxylation is 1. The lowest BCUT2D eigenvalue weighted by molar-refractivity contribution is -0.118. The Kier molecular flexibility index (Phi) is 4.98. The molecular formula is C21H22N2O2. The summed E-state index contributed by atoms with van der Waals surface area (Å²) in [6.45, 7) is 4.24. The number of fused-ring (bicyclic) bond motifs is 1. The number of aromatic amines is 1. The normalized spacial score (nSPS) is 10.8. The van der Waals surface area contributed by atoms with Crippen molar-refractivity contribution in [2.75, 3.05) is 4.90 Å². The van der Waals surface area contributed by atoms with E-state index < -0.39 is 0 Å². The molecule has 0 unspecified atom stereocenters. The van der Waals surface area contributed by atoms with E-state index in [0.717, 1.165) is 28.6 Å². The molecule has 0 fully saturated rings. The molecule has 4 heteroatoms. The van der Waals surface area contributed by atoms with Crippen molar-refractivity contribution in [3.63, 3.8) is 0 Å². The molecule has 0 aliphatic rings. The molecule has 1 heterocycles. The van der Waals surface area contributed by atoms with Gasteiger partial charge in [0.2, 0.25) is 5.91 Å². The number of carbonyl (C=O) groups excluding carboxylic acids is 1. The Balaban J connectivity index is 2.00. The van der Waals surface area contributed by atoms with E-state index >= 15 is 0 Å². The van der Waals surface area contributed by atoms with E-state index in [1.807, 2.05) is 68.4 Å². The molecule has 0 bridgehead atoms. The summed E-state index contributed by atoms with van der Waals surface area (Å²) in [7, 11) is 0. The fourth-order valence-electron chi connectivity index (χ4n) is 2.93. The van der Waals surface area contributed by atoms with Crippen LogP contribution in [0.15, 0.2) is 59.4 Å². The Bertz CT molecular complexity index is 945. The number of rotatable bonds is 5. The van der Waals surface area contributed by atoms with E-state index in [-0.39, 0.29) is 18.0 Å². The maximum Gasteiger partial charge on any atom is 0.253 e.